The number of nitrogens with two attached hydrogens (primary N) is 1. The van der Waals surface area contributed by atoms with Crippen LogP contribution in [0.2, 0.25) is 0 Å². The Labute approximate surface area is 105 Å². The number of methoxy groups -OCH3 is 2. The molecule has 0 saturated carbocycles. The summed E-state index contributed by atoms with van der Waals surface area (Å²) in [6, 6.07) is 5.84. The average Bonchev–Trinajstić information content (AvgIpc) is 2.36. The first-order valence-electron chi connectivity index (χ1n) is 5.30. The molecule has 1 atom stereocenters. The Hall–Kier alpha value is -2.08. The summed E-state index contributed by atoms with van der Waals surface area (Å²) in [7, 11) is 2.94. The van der Waals surface area contributed by atoms with Gasteiger partial charge in [0, 0.05) is 7.11 Å². The maximum atomic E-state index is 11.4. The van der Waals surface area contributed by atoms with Crippen LogP contribution in [0.25, 0.3) is 0 Å². The molecular formula is C12H16N2O4. The first kappa shape index (κ1) is 14.0. The fraction of sp³-hybridized carbons (Fsp3) is 0.333. The first-order valence-corrected chi connectivity index (χ1v) is 5.30. The molecule has 0 bridgehead atoms. The molecule has 0 aromatic heterocycles. The highest BCUT2D eigenvalue weighted by molar-refractivity contribution is 5.88. The quantitative estimate of drug-likeness (QED) is 0.744. The Morgan fingerprint density at radius 2 is 1.89 bits per heavy atom. The molecule has 1 rings (SSSR count). The molecule has 0 saturated heterocycles. The molecular weight excluding hydrogens is 236 g/mol. The van der Waals surface area contributed by atoms with Crippen molar-refractivity contribution in [3.63, 3.8) is 0 Å². The summed E-state index contributed by atoms with van der Waals surface area (Å²) in [6.45, 7) is -0.125. The first-order chi connectivity index (χ1) is 8.58. The number of ether oxygens (including phenoxy) is 2. The summed E-state index contributed by atoms with van der Waals surface area (Å²) in [6.07, 6.45) is 0. The van der Waals surface area contributed by atoms with Crippen LogP contribution in [0.5, 0.6) is 5.75 Å². The van der Waals surface area contributed by atoms with Gasteiger partial charge in [-0.25, -0.2) is 0 Å². The molecule has 0 radical (unpaired) electrons. The lowest BCUT2D eigenvalue weighted by Crippen LogP contribution is -2.39. The van der Waals surface area contributed by atoms with Crippen LogP contribution < -0.4 is 15.8 Å². The van der Waals surface area contributed by atoms with E-state index in [1.807, 2.05) is 0 Å². The number of carbonyl (C=O) groups excluding carboxylic acids is 2. The topological polar surface area (TPSA) is 90.6 Å². The van der Waals surface area contributed by atoms with Crippen molar-refractivity contribution in [2.75, 3.05) is 20.8 Å². The molecule has 3 N–H and O–H groups in total. The van der Waals surface area contributed by atoms with Crippen molar-refractivity contribution in [2.24, 2.45) is 5.73 Å². The lowest BCUT2D eigenvalue weighted by atomic mass is 10.1. The number of amides is 2. The van der Waals surface area contributed by atoms with E-state index in [1.165, 1.54) is 7.11 Å². The summed E-state index contributed by atoms with van der Waals surface area (Å²) in [5.41, 5.74) is 5.85. The smallest absolute Gasteiger partial charge is 0.246 e. The third-order valence-corrected chi connectivity index (χ3v) is 2.31. The van der Waals surface area contributed by atoms with Gasteiger partial charge in [0.15, 0.2) is 0 Å². The van der Waals surface area contributed by atoms with Crippen LogP contribution in [0.3, 0.4) is 0 Å². The highest BCUT2D eigenvalue weighted by Gasteiger charge is 2.19. The van der Waals surface area contributed by atoms with E-state index in [2.05, 4.69) is 10.1 Å². The molecule has 0 aliphatic carbocycles. The van der Waals surface area contributed by atoms with Crippen molar-refractivity contribution in [2.45, 2.75) is 6.04 Å². The van der Waals surface area contributed by atoms with Gasteiger partial charge in [-0.15, -0.1) is 0 Å². The number of rotatable bonds is 6. The fourth-order valence-corrected chi connectivity index (χ4v) is 1.45. The Morgan fingerprint density at radius 3 is 2.33 bits per heavy atom. The summed E-state index contributed by atoms with van der Waals surface area (Å²) in [4.78, 5) is 22.7. The standard InChI is InChI=1S/C12H16N2O4/c1-17-7-10(15)14-11(12(13)16)8-3-5-9(18-2)6-4-8/h3-6,11H,7H2,1-2H3,(H2,13,16)(H,14,15)/t11-/m0/s1. The van der Waals surface area contributed by atoms with Crippen LogP contribution in [0, 0.1) is 0 Å². The number of benzene rings is 1. The van der Waals surface area contributed by atoms with Gasteiger partial charge in [-0.2, -0.15) is 0 Å². The number of nitrogens with one attached hydrogen (secondary N) is 1. The molecule has 0 fully saturated rings. The van der Waals surface area contributed by atoms with Gasteiger partial charge in [-0.1, -0.05) is 12.1 Å². The molecule has 0 aliphatic rings. The summed E-state index contributed by atoms with van der Waals surface area (Å²) < 4.78 is 9.68. The lowest BCUT2D eigenvalue weighted by molar-refractivity contribution is -0.129. The van der Waals surface area contributed by atoms with E-state index in [-0.39, 0.29) is 6.61 Å². The molecule has 0 aliphatic heterocycles. The molecule has 6 nitrogen and oxygen atoms in total. The highest BCUT2D eigenvalue weighted by Crippen LogP contribution is 2.17. The van der Waals surface area contributed by atoms with Gasteiger partial charge < -0.3 is 20.5 Å². The predicted molar refractivity (Wildman–Crippen MR) is 64.9 cm³/mol. The van der Waals surface area contributed by atoms with Gasteiger partial charge in [0.1, 0.15) is 18.4 Å². The van der Waals surface area contributed by atoms with Gasteiger partial charge in [0.05, 0.1) is 7.11 Å². The summed E-state index contributed by atoms with van der Waals surface area (Å²) in [5, 5.41) is 2.49. The van der Waals surface area contributed by atoms with Crippen molar-refractivity contribution >= 4 is 11.8 Å². The van der Waals surface area contributed by atoms with Gasteiger partial charge in [-0.3, -0.25) is 9.59 Å². The second-order valence-corrected chi connectivity index (χ2v) is 3.61. The van der Waals surface area contributed by atoms with Crippen molar-refractivity contribution in [1.29, 1.82) is 0 Å². The van der Waals surface area contributed by atoms with Crippen molar-refractivity contribution in [3.05, 3.63) is 29.8 Å². The predicted octanol–water partition coefficient (Wildman–Crippen LogP) is -0.0158. The number of carbonyl (C=O) groups is 2. The fourth-order valence-electron chi connectivity index (χ4n) is 1.45. The minimum Gasteiger partial charge on any atom is -0.497 e. The van der Waals surface area contributed by atoms with E-state index in [9.17, 15) is 9.59 Å². The Morgan fingerprint density at radius 1 is 1.28 bits per heavy atom. The van der Waals surface area contributed by atoms with E-state index in [1.54, 1.807) is 31.4 Å². The maximum Gasteiger partial charge on any atom is 0.246 e. The van der Waals surface area contributed by atoms with Crippen molar-refractivity contribution in [1.82, 2.24) is 5.32 Å². The number of hydrogen-bond donors (Lipinski definition) is 2. The molecule has 0 spiro atoms. The lowest BCUT2D eigenvalue weighted by Gasteiger charge is -2.15. The Kier molecular flexibility index (Phi) is 5.13. The largest absolute Gasteiger partial charge is 0.497 e. The second-order valence-electron chi connectivity index (χ2n) is 3.61. The van der Waals surface area contributed by atoms with Crippen molar-refractivity contribution in [3.8, 4) is 5.75 Å². The van der Waals surface area contributed by atoms with Gasteiger partial charge in [0.2, 0.25) is 11.8 Å². The van der Waals surface area contributed by atoms with Crippen LogP contribution in [0.1, 0.15) is 11.6 Å². The van der Waals surface area contributed by atoms with Gasteiger partial charge in [-0.05, 0) is 17.7 Å². The summed E-state index contributed by atoms with van der Waals surface area (Å²) in [5.74, 6) is -0.382. The van der Waals surface area contributed by atoms with Gasteiger partial charge >= 0.3 is 0 Å². The molecule has 0 unspecified atom stereocenters. The highest BCUT2D eigenvalue weighted by atomic mass is 16.5. The Balaban J connectivity index is 2.83. The third-order valence-electron chi connectivity index (χ3n) is 2.31. The minimum absolute atomic E-state index is 0.125. The minimum atomic E-state index is -0.876. The molecule has 1 aromatic rings. The number of primary amides is 1. The van der Waals surface area contributed by atoms with E-state index in [4.69, 9.17) is 10.5 Å². The van der Waals surface area contributed by atoms with Gasteiger partial charge in [0.25, 0.3) is 0 Å². The van der Waals surface area contributed by atoms with Crippen LogP contribution in [-0.2, 0) is 14.3 Å². The zero-order chi connectivity index (χ0) is 13.5. The SMILES string of the molecule is COCC(=O)N[C@H](C(N)=O)c1ccc(OC)cc1. The second kappa shape index (κ2) is 6.61. The molecule has 1 aromatic carbocycles. The third kappa shape index (κ3) is 3.74. The molecule has 2 amide bonds. The van der Waals surface area contributed by atoms with Crippen LogP contribution in [-0.4, -0.2) is 32.6 Å². The van der Waals surface area contributed by atoms with Crippen LogP contribution >= 0.6 is 0 Å². The van der Waals surface area contributed by atoms with E-state index in [0.717, 1.165) is 0 Å². The zero-order valence-electron chi connectivity index (χ0n) is 10.3. The average molecular weight is 252 g/mol. The maximum absolute atomic E-state index is 11.4. The molecule has 6 heteroatoms. The molecule has 18 heavy (non-hydrogen) atoms. The van der Waals surface area contributed by atoms with Crippen LogP contribution in [0.4, 0.5) is 0 Å². The van der Waals surface area contributed by atoms with E-state index >= 15 is 0 Å². The monoisotopic (exact) mass is 252 g/mol. The normalized spacial score (nSPS) is 11.7. The van der Waals surface area contributed by atoms with E-state index in [0.29, 0.717) is 11.3 Å². The number of hydrogen-bond acceptors (Lipinski definition) is 4. The Bertz CT molecular complexity index is 417. The van der Waals surface area contributed by atoms with E-state index < -0.39 is 17.9 Å². The summed E-state index contributed by atoms with van der Waals surface area (Å²) >= 11 is 0. The van der Waals surface area contributed by atoms with Crippen molar-refractivity contribution < 1.29 is 19.1 Å². The zero-order valence-corrected chi connectivity index (χ0v) is 10.3. The van der Waals surface area contributed by atoms with Crippen LogP contribution in [0.15, 0.2) is 24.3 Å². The molecule has 0 heterocycles. The molecule has 98 valence electrons.